The van der Waals surface area contributed by atoms with Crippen molar-refractivity contribution in [2.75, 3.05) is 10.8 Å². The second-order valence-electron chi connectivity index (χ2n) is 7.12. The Kier molecular flexibility index (Phi) is 6.02. The number of aromatic hydroxyl groups is 1. The number of hydrogen-bond donors (Lipinski definition) is 1. The zero-order valence-corrected chi connectivity index (χ0v) is 19.2. The number of hydrogen-bond acceptors (Lipinski definition) is 6. The summed E-state index contributed by atoms with van der Waals surface area (Å²) >= 11 is 0. The van der Waals surface area contributed by atoms with Gasteiger partial charge in [0.15, 0.2) is 0 Å². The molecule has 164 valence electrons. The van der Waals surface area contributed by atoms with E-state index in [9.17, 15) is 21.9 Å². The van der Waals surface area contributed by atoms with E-state index in [-0.39, 0.29) is 26.8 Å². The first-order valence-corrected chi connectivity index (χ1v) is 12.2. The van der Waals surface area contributed by atoms with Crippen molar-refractivity contribution >= 4 is 25.7 Å². The van der Waals surface area contributed by atoms with Crippen molar-refractivity contribution in [3.63, 3.8) is 0 Å². The minimum absolute atomic E-state index is 0.0595. The van der Waals surface area contributed by atoms with Crippen LogP contribution < -0.4 is 8.45 Å². The molecule has 0 aliphatic rings. The summed E-state index contributed by atoms with van der Waals surface area (Å²) < 4.78 is 59.9. The van der Waals surface area contributed by atoms with E-state index in [0.29, 0.717) is 15.0 Å². The summed E-state index contributed by atoms with van der Waals surface area (Å²) in [7, 11) is -7.61. The highest BCUT2D eigenvalue weighted by Crippen LogP contribution is 2.36. The highest BCUT2D eigenvalue weighted by Gasteiger charge is 2.38. The van der Waals surface area contributed by atoms with E-state index in [4.69, 9.17) is 4.74 Å². The number of sulfonamides is 2. The second-order valence-corrected chi connectivity index (χ2v) is 10.9. The van der Waals surface area contributed by atoms with Gasteiger partial charge < -0.3 is 9.84 Å². The number of phenolic OH excluding ortho intramolecular Hbond substituents is 1. The molecule has 1 N–H and O–H groups in total. The topological polar surface area (TPSA) is 101 Å². The Hall–Kier alpha value is -3.04. The van der Waals surface area contributed by atoms with Crippen LogP contribution in [-0.2, 0) is 20.0 Å². The van der Waals surface area contributed by atoms with Gasteiger partial charge in [0.05, 0.1) is 22.6 Å². The molecule has 0 spiro atoms. The average Bonchev–Trinajstić information content (AvgIpc) is 2.72. The first-order chi connectivity index (χ1) is 14.5. The summed E-state index contributed by atoms with van der Waals surface area (Å²) in [4.78, 5) is -0.380. The van der Waals surface area contributed by atoms with Crippen molar-refractivity contribution in [3.8, 4) is 11.5 Å². The number of anilines is 1. The maximum atomic E-state index is 13.6. The SMILES string of the molecule is COc1ccc(S(=O)(=O)N(c2cc(C)c(O)cc2C)S(=O)(=O)c2ccc(C)cc2)cc1. The molecule has 0 aliphatic heterocycles. The number of rotatable bonds is 6. The Morgan fingerprint density at radius 3 is 1.71 bits per heavy atom. The minimum atomic E-state index is -4.54. The number of methoxy groups -OCH3 is 1. The molecule has 7 nitrogen and oxygen atoms in total. The quantitative estimate of drug-likeness (QED) is 0.597. The Balaban J connectivity index is 2.31. The third-order valence-electron chi connectivity index (χ3n) is 4.82. The van der Waals surface area contributed by atoms with E-state index >= 15 is 0 Å². The standard InChI is InChI=1S/C22H23NO6S2/c1-15-5-9-19(10-6-15)30(25,26)23(21-13-17(3)22(24)14-16(21)2)31(27,28)20-11-7-18(29-4)8-12-20/h5-14,24H,1-4H3. The lowest BCUT2D eigenvalue weighted by Crippen LogP contribution is -2.37. The van der Waals surface area contributed by atoms with E-state index in [1.807, 2.05) is 0 Å². The fourth-order valence-corrected chi connectivity index (χ4v) is 6.82. The van der Waals surface area contributed by atoms with E-state index in [2.05, 4.69) is 0 Å². The van der Waals surface area contributed by atoms with Crippen LogP contribution in [0, 0.1) is 20.8 Å². The monoisotopic (exact) mass is 461 g/mol. The van der Waals surface area contributed by atoms with Crippen LogP contribution in [0.2, 0.25) is 0 Å². The van der Waals surface area contributed by atoms with Crippen molar-refractivity contribution in [2.24, 2.45) is 0 Å². The smallest absolute Gasteiger partial charge is 0.277 e. The molecule has 0 fully saturated rings. The van der Waals surface area contributed by atoms with Crippen LogP contribution in [0.25, 0.3) is 0 Å². The van der Waals surface area contributed by atoms with Gasteiger partial charge >= 0.3 is 0 Å². The molecule has 0 saturated carbocycles. The Labute approximate surface area is 182 Å². The molecule has 9 heteroatoms. The van der Waals surface area contributed by atoms with Gasteiger partial charge in [-0.15, -0.1) is 0 Å². The van der Waals surface area contributed by atoms with Crippen LogP contribution in [0.15, 0.2) is 70.5 Å². The number of aryl methyl sites for hydroxylation is 3. The maximum Gasteiger partial charge on any atom is 0.277 e. The summed E-state index contributed by atoms with van der Waals surface area (Å²) in [5.74, 6) is 0.374. The van der Waals surface area contributed by atoms with Crippen LogP contribution in [0.5, 0.6) is 11.5 Å². The van der Waals surface area contributed by atoms with Gasteiger partial charge in [-0.1, -0.05) is 17.7 Å². The molecular weight excluding hydrogens is 438 g/mol. The normalized spacial score (nSPS) is 11.9. The molecule has 0 radical (unpaired) electrons. The molecule has 3 aromatic carbocycles. The molecule has 0 unspecified atom stereocenters. The van der Waals surface area contributed by atoms with Crippen molar-refractivity contribution in [3.05, 3.63) is 77.4 Å². The fourth-order valence-electron chi connectivity index (χ4n) is 3.02. The molecular formula is C22H23NO6S2. The van der Waals surface area contributed by atoms with Gasteiger partial charge in [0.1, 0.15) is 11.5 Å². The highest BCUT2D eigenvalue weighted by atomic mass is 32.3. The predicted octanol–water partition coefficient (Wildman–Crippen LogP) is 3.91. The van der Waals surface area contributed by atoms with Crippen molar-refractivity contribution < 1.29 is 26.7 Å². The lowest BCUT2D eigenvalue weighted by Gasteiger charge is -2.26. The van der Waals surface area contributed by atoms with Crippen molar-refractivity contribution in [1.29, 1.82) is 0 Å². The van der Waals surface area contributed by atoms with Gasteiger partial charge in [0, 0.05) is 0 Å². The zero-order chi connectivity index (χ0) is 23.0. The molecule has 0 bridgehead atoms. The number of nitrogens with zero attached hydrogens (tertiary/aromatic N) is 1. The summed E-state index contributed by atoms with van der Waals surface area (Å²) in [5.41, 5.74) is 1.40. The first kappa shape index (κ1) is 22.6. The summed E-state index contributed by atoms with van der Waals surface area (Å²) in [6.07, 6.45) is 0. The molecule has 3 aromatic rings. The van der Waals surface area contributed by atoms with E-state index in [1.54, 1.807) is 26.0 Å². The van der Waals surface area contributed by atoms with E-state index in [0.717, 1.165) is 5.56 Å². The third-order valence-corrected chi connectivity index (χ3v) is 9.00. The van der Waals surface area contributed by atoms with Gasteiger partial charge in [-0.3, -0.25) is 0 Å². The molecule has 0 heterocycles. The molecule has 0 aliphatic carbocycles. The lowest BCUT2D eigenvalue weighted by molar-refractivity contribution is 0.414. The van der Waals surface area contributed by atoms with Gasteiger partial charge in [0.25, 0.3) is 20.0 Å². The minimum Gasteiger partial charge on any atom is -0.508 e. The largest absolute Gasteiger partial charge is 0.508 e. The molecule has 0 atom stereocenters. The van der Waals surface area contributed by atoms with E-state index in [1.165, 1.54) is 62.6 Å². The summed E-state index contributed by atoms with van der Waals surface area (Å²) in [6, 6.07) is 14.1. The fraction of sp³-hybridized carbons (Fsp3) is 0.182. The number of ether oxygens (including phenoxy) is 1. The Morgan fingerprint density at radius 2 is 1.23 bits per heavy atom. The summed E-state index contributed by atoms with van der Waals surface area (Å²) in [5, 5.41) is 10.0. The first-order valence-electron chi connectivity index (χ1n) is 9.30. The van der Waals surface area contributed by atoms with Gasteiger partial charge in [-0.2, -0.15) is 3.71 Å². The molecule has 0 amide bonds. The Bertz CT molecular complexity index is 1310. The molecule has 0 saturated heterocycles. The number of benzene rings is 3. The molecule has 3 rings (SSSR count). The van der Waals surface area contributed by atoms with Gasteiger partial charge in [-0.25, -0.2) is 16.8 Å². The number of phenols is 1. The lowest BCUT2D eigenvalue weighted by atomic mass is 10.1. The second kappa shape index (κ2) is 8.24. The predicted molar refractivity (Wildman–Crippen MR) is 119 cm³/mol. The summed E-state index contributed by atoms with van der Waals surface area (Å²) in [6.45, 7) is 4.90. The van der Waals surface area contributed by atoms with Crippen LogP contribution in [0.1, 0.15) is 16.7 Å². The maximum absolute atomic E-state index is 13.6. The molecule has 0 aromatic heterocycles. The zero-order valence-electron chi connectivity index (χ0n) is 17.5. The van der Waals surface area contributed by atoms with Gasteiger partial charge in [-0.05, 0) is 80.4 Å². The van der Waals surface area contributed by atoms with E-state index < -0.39 is 20.0 Å². The van der Waals surface area contributed by atoms with Crippen LogP contribution in [0.3, 0.4) is 0 Å². The average molecular weight is 462 g/mol. The van der Waals surface area contributed by atoms with Crippen molar-refractivity contribution in [2.45, 2.75) is 30.6 Å². The van der Waals surface area contributed by atoms with Gasteiger partial charge in [0.2, 0.25) is 0 Å². The van der Waals surface area contributed by atoms with Crippen molar-refractivity contribution in [1.82, 2.24) is 0 Å². The van der Waals surface area contributed by atoms with Crippen LogP contribution >= 0.6 is 0 Å². The highest BCUT2D eigenvalue weighted by molar-refractivity contribution is 8.10. The molecule has 31 heavy (non-hydrogen) atoms. The Morgan fingerprint density at radius 1 is 0.742 bits per heavy atom. The third kappa shape index (κ3) is 4.24. The van der Waals surface area contributed by atoms with Crippen LogP contribution in [-0.4, -0.2) is 29.1 Å². The van der Waals surface area contributed by atoms with Crippen LogP contribution in [0.4, 0.5) is 5.69 Å².